The highest BCUT2D eigenvalue weighted by molar-refractivity contribution is 5.85. The number of nitrogens with one attached hydrogen (secondary N) is 2. The van der Waals surface area contributed by atoms with Crippen LogP contribution in [-0.4, -0.2) is 49.6 Å². The third-order valence-electron chi connectivity index (χ3n) is 4.05. The average molecular weight is 448 g/mol. The first-order chi connectivity index (χ1) is 14.9. The summed E-state index contributed by atoms with van der Waals surface area (Å²) in [5.74, 6) is -0.450. The highest BCUT2D eigenvalue weighted by atomic mass is 16.6. The van der Waals surface area contributed by atoms with Crippen molar-refractivity contribution in [3.8, 4) is 5.69 Å². The molecule has 1 heterocycles. The van der Waals surface area contributed by atoms with E-state index in [9.17, 15) is 29.8 Å². The lowest BCUT2D eigenvalue weighted by atomic mass is 10.1. The number of carbonyl (C=O) groups is 2. The summed E-state index contributed by atoms with van der Waals surface area (Å²) < 4.78 is 6.51. The number of non-ortho nitro benzene ring substituents is 1. The molecule has 13 nitrogen and oxygen atoms in total. The fourth-order valence-corrected chi connectivity index (χ4v) is 2.76. The summed E-state index contributed by atoms with van der Waals surface area (Å²) in [7, 11) is 0. The van der Waals surface area contributed by atoms with Crippen molar-refractivity contribution in [1.29, 1.82) is 0 Å². The van der Waals surface area contributed by atoms with Crippen molar-refractivity contribution in [1.82, 2.24) is 20.2 Å². The average Bonchev–Trinajstić information content (AvgIpc) is 3.14. The Morgan fingerprint density at radius 3 is 2.47 bits per heavy atom. The molecular weight excluding hydrogens is 424 g/mol. The van der Waals surface area contributed by atoms with Crippen LogP contribution in [0.4, 0.5) is 16.2 Å². The number of nitro benzene ring substituents is 2. The zero-order valence-corrected chi connectivity index (χ0v) is 18.0. The number of aromatic nitrogens is 2. The molecule has 2 rings (SSSR count). The second-order valence-electron chi connectivity index (χ2n) is 7.76. The van der Waals surface area contributed by atoms with Gasteiger partial charge in [-0.3, -0.25) is 29.6 Å². The smallest absolute Gasteiger partial charge is 0.408 e. The van der Waals surface area contributed by atoms with E-state index in [0.29, 0.717) is 12.2 Å². The highest BCUT2D eigenvalue weighted by Crippen LogP contribution is 2.28. The number of carbonyl (C=O) groups excluding carboxylic acids is 2. The summed E-state index contributed by atoms with van der Waals surface area (Å²) >= 11 is 0. The molecular formula is C19H24N6O7. The van der Waals surface area contributed by atoms with E-state index in [1.165, 1.54) is 23.2 Å². The molecule has 0 aliphatic heterocycles. The minimum atomic E-state index is -1.00. The molecule has 2 N–H and O–H groups in total. The maximum atomic E-state index is 12.4. The Hall–Kier alpha value is -4.03. The molecule has 1 aromatic carbocycles. The zero-order chi connectivity index (χ0) is 24.1. The number of imidazole rings is 1. The molecule has 13 heteroatoms. The van der Waals surface area contributed by atoms with E-state index in [-0.39, 0.29) is 12.1 Å². The first kappa shape index (κ1) is 24.2. The molecule has 0 saturated carbocycles. The van der Waals surface area contributed by atoms with E-state index in [2.05, 4.69) is 15.6 Å². The van der Waals surface area contributed by atoms with Gasteiger partial charge in [0.2, 0.25) is 5.91 Å². The third-order valence-corrected chi connectivity index (χ3v) is 4.05. The topological polar surface area (TPSA) is 172 Å². The fraction of sp³-hybridized carbons (Fsp3) is 0.421. The Morgan fingerprint density at radius 1 is 1.22 bits per heavy atom. The number of nitrogens with zero attached hydrogens (tertiary/aromatic N) is 4. The molecule has 2 amide bonds. The van der Waals surface area contributed by atoms with E-state index in [1.807, 2.05) is 0 Å². The van der Waals surface area contributed by atoms with Crippen LogP contribution in [0.5, 0.6) is 0 Å². The van der Waals surface area contributed by atoms with Crippen LogP contribution in [0.15, 0.2) is 30.7 Å². The van der Waals surface area contributed by atoms with Crippen LogP contribution in [-0.2, 0) is 16.0 Å². The second kappa shape index (κ2) is 9.85. The second-order valence-corrected chi connectivity index (χ2v) is 7.76. The Bertz CT molecular complexity index is 1030. The van der Waals surface area contributed by atoms with Crippen molar-refractivity contribution in [2.75, 3.05) is 6.54 Å². The number of hydrogen-bond acceptors (Lipinski definition) is 8. The number of likely N-dealkylation sites (N-methyl/N-ethyl adjacent to an activating group) is 1. The van der Waals surface area contributed by atoms with Crippen molar-refractivity contribution in [3.63, 3.8) is 0 Å². The molecule has 0 aliphatic rings. The van der Waals surface area contributed by atoms with Crippen LogP contribution < -0.4 is 10.6 Å². The summed E-state index contributed by atoms with van der Waals surface area (Å²) in [5.41, 5.74) is -1.24. The predicted molar refractivity (Wildman–Crippen MR) is 112 cm³/mol. The van der Waals surface area contributed by atoms with Gasteiger partial charge in [-0.1, -0.05) is 0 Å². The van der Waals surface area contributed by atoms with Gasteiger partial charge in [-0.2, -0.15) is 0 Å². The molecule has 0 unspecified atom stereocenters. The summed E-state index contributed by atoms with van der Waals surface area (Å²) in [4.78, 5) is 49.5. The molecule has 0 spiro atoms. The number of nitro groups is 2. The molecule has 0 fully saturated rings. The number of amides is 2. The molecule has 0 aliphatic carbocycles. The number of benzene rings is 1. The van der Waals surface area contributed by atoms with Gasteiger partial charge in [-0.15, -0.1) is 0 Å². The number of ether oxygens (including phenoxy) is 1. The molecule has 0 bridgehead atoms. The normalized spacial score (nSPS) is 12.0. The lowest BCUT2D eigenvalue weighted by Crippen LogP contribution is -2.49. The maximum Gasteiger partial charge on any atom is 0.408 e. The van der Waals surface area contributed by atoms with Crippen molar-refractivity contribution >= 4 is 23.4 Å². The van der Waals surface area contributed by atoms with E-state index in [0.717, 1.165) is 12.1 Å². The minimum absolute atomic E-state index is 0.0150. The number of rotatable bonds is 8. The minimum Gasteiger partial charge on any atom is -0.444 e. The van der Waals surface area contributed by atoms with E-state index >= 15 is 0 Å². The standard InChI is InChI=1S/C19H24N6O7/c1-5-20-17(26)14(22-18(27)32-19(2,3)4)8-12-10-23(11-21-12)15-7-6-13(24(28)29)9-16(15)25(30)31/h6-7,9-11,14H,5,8H2,1-4H3,(H,20,26)(H,22,27)/t14-/m0/s1. The maximum absolute atomic E-state index is 12.4. The molecule has 1 aromatic heterocycles. The van der Waals surface area contributed by atoms with Gasteiger partial charge in [0.05, 0.1) is 27.9 Å². The number of alkyl carbamates (subject to hydrolysis) is 1. The van der Waals surface area contributed by atoms with Gasteiger partial charge in [0, 0.05) is 25.2 Å². The molecule has 32 heavy (non-hydrogen) atoms. The lowest BCUT2D eigenvalue weighted by Gasteiger charge is -2.23. The van der Waals surface area contributed by atoms with Crippen LogP contribution >= 0.6 is 0 Å². The van der Waals surface area contributed by atoms with Crippen LogP contribution in [0.25, 0.3) is 5.69 Å². The number of hydrogen-bond donors (Lipinski definition) is 2. The molecule has 0 radical (unpaired) electrons. The Kier molecular flexibility index (Phi) is 7.46. The monoisotopic (exact) mass is 448 g/mol. The van der Waals surface area contributed by atoms with Gasteiger partial charge in [-0.25, -0.2) is 9.78 Å². The Balaban J connectivity index is 2.29. The van der Waals surface area contributed by atoms with Crippen molar-refractivity contribution in [2.24, 2.45) is 0 Å². The largest absolute Gasteiger partial charge is 0.444 e. The molecule has 1 atom stereocenters. The first-order valence-electron chi connectivity index (χ1n) is 9.64. The van der Waals surface area contributed by atoms with Crippen molar-refractivity contribution in [2.45, 2.75) is 45.8 Å². The predicted octanol–water partition coefficient (Wildman–Crippen LogP) is 2.26. The highest BCUT2D eigenvalue weighted by Gasteiger charge is 2.26. The fourth-order valence-electron chi connectivity index (χ4n) is 2.76. The van der Waals surface area contributed by atoms with Crippen molar-refractivity contribution < 1.29 is 24.2 Å². The van der Waals surface area contributed by atoms with Crippen LogP contribution in [0.2, 0.25) is 0 Å². The van der Waals surface area contributed by atoms with Crippen LogP contribution in [0.1, 0.15) is 33.4 Å². The van der Waals surface area contributed by atoms with Crippen molar-refractivity contribution in [3.05, 3.63) is 56.6 Å². The summed E-state index contributed by atoms with van der Waals surface area (Å²) in [6.45, 7) is 7.13. The molecule has 0 saturated heterocycles. The quantitative estimate of drug-likeness (QED) is 0.457. The van der Waals surface area contributed by atoms with Gasteiger partial charge in [0.1, 0.15) is 17.3 Å². The van der Waals surface area contributed by atoms with Crippen LogP contribution in [0, 0.1) is 20.2 Å². The SMILES string of the molecule is CCNC(=O)[C@H](Cc1cn(-c2ccc([N+](=O)[O-])cc2[N+](=O)[O-])cn1)NC(=O)OC(C)(C)C. The lowest BCUT2D eigenvalue weighted by molar-refractivity contribution is -0.394. The Labute approximate surface area is 183 Å². The summed E-state index contributed by atoms with van der Waals surface area (Å²) in [5, 5.41) is 27.4. The third kappa shape index (κ3) is 6.48. The van der Waals surface area contributed by atoms with Gasteiger partial charge in [-0.05, 0) is 33.8 Å². The first-order valence-corrected chi connectivity index (χ1v) is 9.64. The van der Waals surface area contributed by atoms with E-state index < -0.39 is 44.9 Å². The van der Waals surface area contributed by atoms with Crippen LogP contribution in [0.3, 0.4) is 0 Å². The Morgan fingerprint density at radius 2 is 1.91 bits per heavy atom. The zero-order valence-electron chi connectivity index (χ0n) is 18.0. The summed E-state index contributed by atoms with van der Waals surface area (Å²) in [6, 6.07) is 2.24. The van der Waals surface area contributed by atoms with E-state index in [1.54, 1.807) is 27.7 Å². The molecule has 172 valence electrons. The van der Waals surface area contributed by atoms with Gasteiger partial charge >= 0.3 is 6.09 Å². The van der Waals surface area contributed by atoms with Gasteiger partial charge in [0.15, 0.2) is 0 Å². The van der Waals surface area contributed by atoms with Gasteiger partial charge in [0.25, 0.3) is 11.4 Å². The molecule has 2 aromatic rings. The van der Waals surface area contributed by atoms with E-state index in [4.69, 9.17) is 4.74 Å². The summed E-state index contributed by atoms with van der Waals surface area (Å²) in [6.07, 6.45) is 1.93. The van der Waals surface area contributed by atoms with Gasteiger partial charge < -0.3 is 15.4 Å².